The van der Waals surface area contributed by atoms with Gasteiger partial charge in [0.1, 0.15) is 6.04 Å². The molecule has 0 spiro atoms. The van der Waals surface area contributed by atoms with Gasteiger partial charge in [-0.15, -0.1) is 11.3 Å². The SMILES string of the molecule is O=C(O)[C@H]1CCCN1C(=O)NCCc1ccc(Br)s1. The third-order valence-electron chi connectivity index (χ3n) is 3.08. The van der Waals surface area contributed by atoms with Gasteiger partial charge in [-0.05, 0) is 47.3 Å². The number of hydrogen-bond donors (Lipinski definition) is 2. The summed E-state index contributed by atoms with van der Waals surface area (Å²) in [7, 11) is 0. The highest BCUT2D eigenvalue weighted by Gasteiger charge is 2.33. The van der Waals surface area contributed by atoms with Gasteiger partial charge >= 0.3 is 12.0 Å². The number of rotatable bonds is 4. The molecule has 0 unspecified atom stereocenters. The minimum Gasteiger partial charge on any atom is -0.480 e. The van der Waals surface area contributed by atoms with Crippen LogP contribution in [0.2, 0.25) is 0 Å². The first-order valence-corrected chi connectivity index (χ1v) is 7.70. The predicted octanol–water partition coefficient (Wildman–Crippen LogP) is 2.31. The molecule has 2 rings (SSSR count). The molecule has 1 aliphatic heterocycles. The van der Waals surface area contributed by atoms with Crippen molar-refractivity contribution < 1.29 is 14.7 Å². The van der Waals surface area contributed by atoms with Crippen molar-refractivity contribution in [1.29, 1.82) is 0 Å². The summed E-state index contributed by atoms with van der Waals surface area (Å²) in [6, 6.07) is 3.04. The zero-order valence-corrected chi connectivity index (χ0v) is 12.7. The number of amides is 2. The Bertz CT molecular complexity index is 477. The van der Waals surface area contributed by atoms with E-state index in [0.29, 0.717) is 19.5 Å². The Balaban J connectivity index is 1.79. The fourth-order valence-electron chi connectivity index (χ4n) is 2.15. The molecule has 5 nitrogen and oxygen atoms in total. The number of carbonyl (C=O) groups is 2. The van der Waals surface area contributed by atoms with Crippen LogP contribution in [0.5, 0.6) is 0 Å². The first kappa shape index (κ1) is 14.3. The lowest BCUT2D eigenvalue weighted by Gasteiger charge is -2.21. The second-order valence-electron chi connectivity index (χ2n) is 4.38. The van der Waals surface area contributed by atoms with E-state index in [4.69, 9.17) is 5.11 Å². The first-order chi connectivity index (χ1) is 9.08. The fourth-order valence-corrected chi connectivity index (χ4v) is 3.63. The number of carbonyl (C=O) groups excluding carboxylic acids is 1. The molecule has 1 aromatic heterocycles. The monoisotopic (exact) mass is 346 g/mol. The Morgan fingerprint density at radius 2 is 2.32 bits per heavy atom. The van der Waals surface area contributed by atoms with Crippen molar-refractivity contribution in [1.82, 2.24) is 10.2 Å². The molecule has 0 radical (unpaired) electrons. The Kier molecular flexibility index (Phi) is 4.81. The third kappa shape index (κ3) is 3.70. The number of thiophene rings is 1. The third-order valence-corrected chi connectivity index (χ3v) is 4.76. The van der Waals surface area contributed by atoms with Crippen LogP contribution in [-0.2, 0) is 11.2 Å². The minimum atomic E-state index is -0.921. The summed E-state index contributed by atoms with van der Waals surface area (Å²) < 4.78 is 1.07. The van der Waals surface area contributed by atoms with Crippen molar-refractivity contribution >= 4 is 39.3 Å². The smallest absolute Gasteiger partial charge is 0.326 e. The topological polar surface area (TPSA) is 69.6 Å². The second kappa shape index (κ2) is 6.38. The maximum absolute atomic E-state index is 11.9. The van der Waals surface area contributed by atoms with Gasteiger partial charge in [0.25, 0.3) is 0 Å². The molecule has 104 valence electrons. The first-order valence-electron chi connectivity index (χ1n) is 6.09. The molecule has 0 saturated carbocycles. The summed E-state index contributed by atoms with van der Waals surface area (Å²) in [5.41, 5.74) is 0. The summed E-state index contributed by atoms with van der Waals surface area (Å²) in [5, 5.41) is 11.8. The van der Waals surface area contributed by atoms with E-state index in [9.17, 15) is 9.59 Å². The van der Waals surface area contributed by atoms with Crippen LogP contribution < -0.4 is 5.32 Å². The fraction of sp³-hybridized carbons (Fsp3) is 0.500. The number of likely N-dealkylation sites (tertiary alicyclic amines) is 1. The van der Waals surface area contributed by atoms with Crippen LogP contribution in [0, 0.1) is 0 Å². The van der Waals surface area contributed by atoms with Crippen LogP contribution in [0.3, 0.4) is 0 Å². The Labute approximate surface area is 123 Å². The number of nitrogens with zero attached hydrogens (tertiary/aromatic N) is 1. The molecule has 2 N–H and O–H groups in total. The molecule has 1 fully saturated rings. The average Bonchev–Trinajstić information content (AvgIpc) is 2.97. The number of carboxylic acids is 1. The molecule has 1 aliphatic rings. The predicted molar refractivity (Wildman–Crippen MR) is 76.5 cm³/mol. The summed E-state index contributed by atoms with van der Waals surface area (Å²) in [6.45, 7) is 1.04. The van der Waals surface area contributed by atoms with E-state index in [1.54, 1.807) is 11.3 Å². The summed E-state index contributed by atoms with van der Waals surface area (Å²) in [4.78, 5) is 25.5. The van der Waals surface area contributed by atoms with Gasteiger partial charge in [0.15, 0.2) is 0 Å². The zero-order chi connectivity index (χ0) is 13.8. The van der Waals surface area contributed by atoms with E-state index in [1.165, 1.54) is 9.78 Å². The van der Waals surface area contributed by atoms with Crippen LogP contribution >= 0.6 is 27.3 Å². The quantitative estimate of drug-likeness (QED) is 0.878. The molecule has 1 aromatic rings. The maximum Gasteiger partial charge on any atom is 0.326 e. The molecule has 0 bridgehead atoms. The standard InChI is InChI=1S/C12H15BrN2O3S/c13-10-4-3-8(19-10)5-6-14-12(18)15-7-1-2-9(15)11(16)17/h3-4,9H,1-2,5-7H2,(H,14,18)(H,16,17)/t9-/m1/s1. The van der Waals surface area contributed by atoms with Crippen LogP contribution in [0.15, 0.2) is 15.9 Å². The molecule has 2 heterocycles. The van der Waals surface area contributed by atoms with E-state index >= 15 is 0 Å². The van der Waals surface area contributed by atoms with E-state index in [2.05, 4.69) is 21.2 Å². The van der Waals surface area contributed by atoms with Gasteiger partial charge in [-0.25, -0.2) is 9.59 Å². The van der Waals surface area contributed by atoms with Crippen molar-refractivity contribution in [2.24, 2.45) is 0 Å². The van der Waals surface area contributed by atoms with Gasteiger partial charge in [-0.2, -0.15) is 0 Å². The normalized spacial score (nSPS) is 18.6. The summed E-state index contributed by atoms with van der Waals surface area (Å²) >= 11 is 5.02. The molecule has 1 atom stereocenters. The average molecular weight is 347 g/mol. The van der Waals surface area contributed by atoms with Crippen LogP contribution in [0.25, 0.3) is 0 Å². The Morgan fingerprint density at radius 1 is 1.53 bits per heavy atom. The van der Waals surface area contributed by atoms with E-state index in [-0.39, 0.29) is 6.03 Å². The van der Waals surface area contributed by atoms with Crippen LogP contribution in [0.1, 0.15) is 17.7 Å². The Hall–Kier alpha value is -1.08. The number of urea groups is 1. The van der Waals surface area contributed by atoms with Gasteiger partial charge in [0.2, 0.25) is 0 Å². The summed E-state index contributed by atoms with van der Waals surface area (Å²) in [6.07, 6.45) is 2.05. The van der Waals surface area contributed by atoms with E-state index < -0.39 is 12.0 Å². The highest BCUT2D eigenvalue weighted by molar-refractivity contribution is 9.11. The van der Waals surface area contributed by atoms with Gasteiger partial charge in [0, 0.05) is 18.0 Å². The molecule has 1 saturated heterocycles. The number of carboxylic acid groups (broad SMARTS) is 1. The van der Waals surface area contributed by atoms with Crippen LogP contribution in [0.4, 0.5) is 4.79 Å². The van der Waals surface area contributed by atoms with E-state index in [1.807, 2.05) is 12.1 Å². The molecule has 2 amide bonds. The maximum atomic E-state index is 11.9. The number of halogens is 1. The van der Waals surface area contributed by atoms with Crippen molar-refractivity contribution in [3.63, 3.8) is 0 Å². The molecular weight excluding hydrogens is 332 g/mol. The second-order valence-corrected chi connectivity index (χ2v) is 6.92. The molecular formula is C12H15BrN2O3S. The van der Waals surface area contributed by atoms with Crippen molar-refractivity contribution in [3.8, 4) is 0 Å². The zero-order valence-electron chi connectivity index (χ0n) is 10.3. The number of hydrogen-bond acceptors (Lipinski definition) is 3. The largest absolute Gasteiger partial charge is 0.480 e. The van der Waals surface area contributed by atoms with Crippen molar-refractivity contribution in [3.05, 3.63) is 20.8 Å². The molecule has 7 heteroatoms. The number of aliphatic carboxylic acids is 1. The van der Waals surface area contributed by atoms with Gasteiger partial charge < -0.3 is 15.3 Å². The number of nitrogens with one attached hydrogen (secondary N) is 1. The molecule has 0 aromatic carbocycles. The highest BCUT2D eigenvalue weighted by Crippen LogP contribution is 2.22. The van der Waals surface area contributed by atoms with E-state index in [0.717, 1.165) is 16.6 Å². The molecule has 0 aliphatic carbocycles. The lowest BCUT2D eigenvalue weighted by molar-refractivity contribution is -0.141. The van der Waals surface area contributed by atoms with Crippen molar-refractivity contribution in [2.75, 3.05) is 13.1 Å². The Morgan fingerprint density at radius 3 is 2.95 bits per heavy atom. The van der Waals surface area contributed by atoms with Gasteiger partial charge in [-0.1, -0.05) is 0 Å². The summed E-state index contributed by atoms with van der Waals surface area (Å²) in [5.74, 6) is -0.921. The highest BCUT2D eigenvalue weighted by atomic mass is 79.9. The minimum absolute atomic E-state index is 0.277. The van der Waals surface area contributed by atoms with Crippen molar-refractivity contribution in [2.45, 2.75) is 25.3 Å². The van der Waals surface area contributed by atoms with Gasteiger partial charge in [0.05, 0.1) is 3.79 Å². The lowest BCUT2D eigenvalue weighted by Crippen LogP contribution is -2.46. The lowest BCUT2D eigenvalue weighted by atomic mass is 10.2. The van der Waals surface area contributed by atoms with Crippen LogP contribution in [-0.4, -0.2) is 41.1 Å². The van der Waals surface area contributed by atoms with Gasteiger partial charge in [-0.3, -0.25) is 0 Å². The molecule has 19 heavy (non-hydrogen) atoms.